The number of allylic oxidation sites excluding steroid dienone is 3. The number of phenols is 1. The van der Waals surface area contributed by atoms with Crippen LogP contribution in [0.2, 0.25) is 0 Å². The van der Waals surface area contributed by atoms with Crippen LogP contribution in [0.1, 0.15) is 12.8 Å². The maximum absolute atomic E-state index is 9.60. The van der Waals surface area contributed by atoms with E-state index >= 15 is 0 Å². The minimum Gasteiger partial charge on any atom is -0.508 e. The summed E-state index contributed by atoms with van der Waals surface area (Å²) in [6.45, 7) is 4.03. The maximum atomic E-state index is 9.60. The number of phenolic OH excluding ortho intramolecular Hbond substituents is 1. The predicted octanol–water partition coefficient (Wildman–Crippen LogP) is 3.77. The average Bonchev–Trinajstić information content (AvgIpc) is 2.82. The number of fused-ring (bicyclic) bond motifs is 1. The van der Waals surface area contributed by atoms with Gasteiger partial charge in [-0.3, -0.25) is 0 Å². The zero-order chi connectivity index (χ0) is 13.8. The van der Waals surface area contributed by atoms with Crippen molar-refractivity contribution in [3.63, 3.8) is 0 Å². The van der Waals surface area contributed by atoms with E-state index in [9.17, 15) is 5.11 Å². The number of benzene rings is 1. The van der Waals surface area contributed by atoms with Gasteiger partial charge in [-0.2, -0.15) is 0 Å². The summed E-state index contributed by atoms with van der Waals surface area (Å²) >= 11 is 0. The van der Waals surface area contributed by atoms with Crippen LogP contribution in [-0.4, -0.2) is 23.9 Å². The zero-order valence-corrected chi connectivity index (χ0v) is 12.1. The van der Waals surface area contributed by atoms with Crippen LogP contribution < -0.4 is 4.74 Å². The molecule has 0 aliphatic carbocycles. The molecule has 1 atom stereocenters. The Balaban J connectivity index is 2.55. The quantitative estimate of drug-likeness (QED) is 0.682. The molecule has 0 aliphatic rings. The number of aromatic nitrogens is 1. The van der Waals surface area contributed by atoms with Gasteiger partial charge in [0.25, 0.3) is 0 Å². The lowest BCUT2D eigenvalue weighted by Crippen LogP contribution is -1.82. The summed E-state index contributed by atoms with van der Waals surface area (Å²) in [5.41, 5.74) is 2.03. The van der Waals surface area contributed by atoms with E-state index in [4.69, 9.17) is 9.15 Å². The summed E-state index contributed by atoms with van der Waals surface area (Å²) in [4.78, 5) is 4.38. The van der Waals surface area contributed by atoms with Gasteiger partial charge in [-0.1, -0.05) is 11.9 Å². The molecule has 0 amide bonds. The molecule has 1 N–H and O–H groups in total. The molecule has 5 heteroatoms. The number of hydrogen-bond acceptors (Lipinski definition) is 4. The van der Waals surface area contributed by atoms with Gasteiger partial charge in [-0.25, -0.2) is 4.98 Å². The molecule has 100 valence electrons. The molecule has 4 nitrogen and oxygen atoms in total. The third-order valence-electron chi connectivity index (χ3n) is 2.65. The fourth-order valence-corrected chi connectivity index (χ4v) is 2.07. The Hall–Kier alpha value is -1.80. The van der Waals surface area contributed by atoms with E-state index in [1.807, 2.05) is 19.1 Å². The molecule has 2 aromatic rings. The molecule has 0 aliphatic heterocycles. The van der Waals surface area contributed by atoms with Crippen molar-refractivity contribution in [3.05, 3.63) is 36.0 Å². The molecular weight excluding hydrogens is 261 g/mol. The van der Waals surface area contributed by atoms with E-state index in [1.165, 1.54) is 13.2 Å². The van der Waals surface area contributed by atoms with Gasteiger partial charge in [-0.15, -0.1) is 8.58 Å². The third kappa shape index (κ3) is 2.79. The minimum atomic E-state index is 0.108. The molecule has 0 fully saturated rings. The lowest BCUT2D eigenvalue weighted by Gasteiger charge is -1.99. The number of ether oxygens (including phenoxy) is 1. The Morgan fingerprint density at radius 3 is 2.89 bits per heavy atom. The topological polar surface area (TPSA) is 55.5 Å². The number of hydrogen-bond donors (Lipinski definition) is 1. The summed E-state index contributed by atoms with van der Waals surface area (Å²) in [6.07, 6.45) is 3.92. The van der Waals surface area contributed by atoms with Gasteiger partial charge in [-0.05, 0) is 19.7 Å². The molecule has 1 aromatic carbocycles. The van der Waals surface area contributed by atoms with Gasteiger partial charge >= 0.3 is 0 Å². The molecule has 1 aromatic heterocycles. The van der Waals surface area contributed by atoms with E-state index in [-0.39, 0.29) is 5.75 Å². The van der Waals surface area contributed by atoms with Crippen molar-refractivity contribution in [1.29, 1.82) is 0 Å². The summed E-state index contributed by atoms with van der Waals surface area (Å²) in [7, 11) is 2.26. The molecule has 0 spiro atoms. The SMILES string of the molecule is C/C=C(\C=C/PC)c1nc2cc(O)cc(OC)c2o1. The van der Waals surface area contributed by atoms with Gasteiger partial charge in [0.2, 0.25) is 5.89 Å². The van der Waals surface area contributed by atoms with Crippen molar-refractivity contribution in [3.8, 4) is 11.5 Å². The van der Waals surface area contributed by atoms with Crippen LogP contribution in [-0.2, 0) is 0 Å². The van der Waals surface area contributed by atoms with Crippen molar-refractivity contribution in [1.82, 2.24) is 4.98 Å². The van der Waals surface area contributed by atoms with Gasteiger partial charge in [0.15, 0.2) is 11.3 Å². The largest absolute Gasteiger partial charge is 0.508 e. The first-order valence-electron chi connectivity index (χ1n) is 5.87. The van der Waals surface area contributed by atoms with Crippen LogP contribution >= 0.6 is 8.58 Å². The van der Waals surface area contributed by atoms with Crippen molar-refractivity contribution in [2.45, 2.75) is 6.92 Å². The molecule has 0 radical (unpaired) electrons. The van der Waals surface area contributed by atoms with Crippen LogP contribution in [0.5, 0.6) is 11.5 Å². The van der Waals surface area contributed by atoms with E-state index in [2.05, 4.69) is 17.5 Å². The van der Waals surface area contributed by atoms with Crippen molar-refractivity contribution in [2.75, 3.05) is 13.8 Å². The summed E-state index contributed by atoms with van der Waals surface area (Å²) in [5.74, 6) is 3.18. The molecule has 1 heterocycles. The van der Waals surface area contributed by atoms with Crippen molar-refractivity contribution < 1.29 is 14.3 Å². The number of methoxy groups -OCH3 is 1. The normalized spacial score (nSPS) is 13.1. The van der Waals surface area contributed by atoms with Crippen LogP contribution in [0, 0.1) is 0 Å². The van der Waals surface area contributed by atoms with E-state index in [0.29, 0.717) is 22.7 Å². The minimum absolute atomic E-state index is 0.108. The van der Waals surface area contributed by atoms with Crippen molar-refractivity contribution in [2.24, 2.45) is 0 Å². The predicted molar refractivity (Wildman–Crippen MR) is 79.3 cm³/mol. The highest BCUT2D eigenvalue weighted by atomic mass is 31.1. The Bertz CT molecular complexity index is 643. The molecule has 0 bridgehead atoms. The first-order chi connectivity index (χ1) is 9.19. The standard InChI is InChI=1S/C14H16NO3P/c1-4-9(5-6-19-3)14-15-11-7-10(16)8-12(17-2)13(11)18-14/h4-8,16,19H,1-3H3/b6-5-,9-4+. The number of oxazole rings is 1. The Morgan fingerprint density at radius 1 is 1.47 bits per heavy atom. The lowest BCUT2D eigenvalue weighted by molar-refractivity contribution is 0.403. The average molecular weight is 277 g/mol. The highest BCUT2D eigenvalue weighted by Crippen LogP contribution is 2.33. The highest BCUT2D eigenvalue weighted by molar-refractivity contribution is 7.40. The highest BCUT2D eigenvalue weighted by Gasteiger charge is 2.13. The summed E-state index contributed by atoms with van der Waals surface area (Å²) in [6, 6.07) is 3.07. The molecule has 1 unspecified atom stereocenters. The molecule has 19 heavy (non-hydrogen) atoms. The van der Waals surface area contributed by atoms with E-state index in [1.54, 1.807) is 6.07 Å². The smallest absolute Gasteiger partial charge is 0.227 e. The number of nitrogens with zero attached hydrogens (tertiary/aromatic N) is 1. The van der Waals surface area contributed by atoms with Crippen LogP contribution in [0.3, 0.4) is 0 Å². The first-order valence-corrected chi connectivity index (χ1v) is 7.45. The molecule has 2 rings (SSSR count). The zero-order valence-electron chi connectivity index (χ0n) is 11.1. The number of aromatic hydroxyl groups is 1. The van der Waals surface area contributed by atoms with Gasteiger partial charge in [0.1, 0.15) is 11.3 Å². The van der Waals surface area contributed by atoms with Crippen molar-refractivity contribution >= 4 is 25.3 Å². The monoisotopic (exact) mass is 277 g/mol. The van der Waals surface area contributed by atoms with Gasteiger partial charge in [0.05, 0.1) is 7.11 Å². The Morgan fingerprint density at radius 2 is 2.26 bits per heavy atom. The lowest BCUT2D eigenvalue weighted by atomic mass is 10.2. The fourth-order valence-electron chi connectivity index (χ4n) is 1.73. The Kier molecular flexibility index (Phi) is 4.23. The first kappa shape index (κ1) is 13.6. The molecule has 0 saturated carbocycles. The van der Waals surface area contributed by atoms with E-state index < -0.39 is 0 Å². The van der Waals surface area contributed by atoms with E-state index in [0.717, 1.165) is 14.2 Å². The van der Waals surface area contributed by atoms with Crippen LogP contribution in [0.15, 0.2) is 34.5 Å². The van der Waals surface area contributed by atoms with Gasteiger partial charge < -0.3 is 14.3 Å². The van der Waals surface area contributed by atoms with Crippen LogP contribution in [0.25, 0.3) is 16.7 Å². The van der Waals surface area contributed by atoms with Crippen LogP contribution in [0.4, 0.5) is 0 Å². The molecule has 0 saturated heterocycles. The summed E-state index contributed by atoms with van der Waals surface area (Å²) in [5, 5.41) is 9.60. The second kappa shape index (κ2) is 5.89. The Labute approximate surface area is 113 Å². The molecular formula is C14H16NO3P. The third-order valence-corrected chi connectivity index (χ3v) is 3.15. The second-order valence-electron chi connectivity index (χ2n) is 3.88. The summed E-state index contributed by atoms with van der Waals surface area (Å²) < 4.78 is 10.9. The second-order valence-corrected chi connectivity index (χ2v) is 4.79. The maximum Gasteiger partial charge on any atom is 0.227 e. The fraction of sp³-hybridized carbons (Fsp3) is 0.214. The number of rotatable bonds is 4. The van der Waals surface area contributed by atoms with Gasteiger partial charge in [0, 0.05) is 17.7 Å².